The molecule has 2 aliphatic heterocycles. The van der Waals surface area contributed by atoms with Crippen LogP contribution in [0.1, 0.15) is 46.5 Å². The highest BCUT2D eigenvalue weighted by atomic mass is 32.2. The van der Waals surface area contributed by atoms with Gasteiger partial charge >= 0.3 is 0 Å². The van der Waals surface area contributed by atoms with E-state index >= 15 is 0 Å². The van der Waals surface area contributed by atoms with Gasteiger partial charge in [0.2, 0.25) is 0 Å². The summed E-state index contributed by atoms with van der Waals surface area (Å²) in [5.74, 6) is 2.74. The molecule has 0 saturated carbocycles. The van der Waals surface area contributed by atoms with Crippen molar-refractivity contribution in [2.75, 3.05) is 57.6 Å². The molecule has 4 rings (SSSR count). The molecule has 2 fully saturated rings. The van der Waals surface area contributed by atoms with Crippen LogP contribution in [0.25, 0.3) is 0 Å². The fourth-order valence-electron chi connectivity index (χ4n) is 4.70. The molecular weight excluding hydrogens is 464 g/mol. The number of benzene rings is 2. The smallest absolute Gasteiger partial charge is 0.252 e. The second-order valence-electron chi connectivity index (χ2n) is 8.71. The van der Waals surface area contributed by atoms with E-state index in [1.165, 1.54) is 0 Å². The minimum Gasteiger partial charge on any atom is -0.490 e. The third kappa shape index (κ3) is 5.82. The molecule has 8 heteroatoms. The number of hydrogen-bond donors (Lipinski definition) is 1. The molecule has 0 radical (unpaired) electrons. The summed E-state index contributed by atoms with van der Waals surface area (Å²) in [6.45, 7) is 8.51. The van der Waals surface area contributed by atoms with Gasteiger partial charge in [-0.25, -0.2) is 0 Å². The number of nitrogens with one attached hydrogen (secondary N) is 1. The number of morpholine rings is 1. The van der Waals surface area contributed by atoms with Gasteiger partial charge in [-0.2, -0.15) is 11.8 Å². The molecule has 1 amide bonds. The average Bonchev–Trinajstić information content (AvgIpc) is 3.39. The van der Waals surface area contributed by atoms with Crippen molar-refractivity contribution in [3.8, 4) is 11.5 Å². The molecule has 188 valence electrons. The number of carbonyl (C=O) groups excluding carboxylic acids is 2. The van der Waals surface area contributed by atoms with Crippen LogP contribution in [0.4, 0.5) is 0 Å². The van der Waals surface area contributed by atoms with Crippen molar-refractivity contribution in [3.05, 3.63) is 59.2 Å². The van der Waals surface area contributed by atoms with Crippen LogP contribution in [-0.4, -0.2) is 79.7 Å². The van der Waals surface area contributed by atoms with Crippen LogP contribution in [0, 0.1) is 0 Å². The zero-order valence-electron chi connectivity index (χ0n) is 20.5. The molecule has 0 aromatic heterocycles. The van der Waals surface area contributed by atoms with Crippen LogP contribution in [0.15, 0.2) is 42.5 Å². The SMILES string of the molecule is CCOc1ccc(C(=O)c2ccccc2C(=O)NCC2(N3CCOCC3)CCSC2)cc1OCC. The van der Waals surface area contributed by atoms with E-state index in [2.05, 4.69) is 10.2 Å². The molecule has 2 aliphatic rings. The topological polar surface area (TPSA) is 77.1 Å². The van der Waals surface area contributed by atoms with E-state index in [0.29, 0.717) is 47.9 Å². The zero-order valence-corrected chi connectivity index (χ0v) is 21.3. The van der Waals surface area contributed by atoms with Gasteiger partial charge in [-0.15, -0.1) is 0 Å². The summed E-state index contributed by atoms with van der Waals surface area (Å²) in [6.07, 6.45) is 1.03. The number of rotatable bonds is 10. The van der Waals surface area contributed by atoms with E-state index in [9.17, 15) is 9.59 Å². The van der Waals surface area contributed by atoms with Crippen molar-refractivity contribution < 1.29 is 23.8 Å². The van der Waals surface area contributed by atoms with Gasteiger partial charge in [-0.1, -0.05) is 18.2 Å². The molecule has 0 aliphatic carbocycles. The Morgan fingerprint density at radius 3 is 2.43 bits per heavy atom. The lowest BCUT2D eigenvalue weighted by atomic mass is 9.94. The van der Waals surface area contributed by atoms with E-state index in [-0.39, 0.29) is 17.2 Å². The number of ketones is 1. The number of carbonyl (C=O) groups is 2. The van der Waals surface area contributed by atoms with Crippen molar-refractivity contribution >= 4 is 23.5 Å². The Morgan fingerprint density at radius 1 is 1.03 bits per heavy atom. The highest BCUT2D eigenvalue weighted by molar-refractivity contribution is 7.99. The van der Waals surface area contributed by atoms with Crippen molar-refractivity contribution in [1.29, 1.82) is 0 Å². The van der Waals surface area contributed by atoms with Gasteiger partial charge in [0.05, 0.1) is 32.0 Å². The Hall–Kier alpha value is -2.55. The molecule has 2 aromatic carbocycles. The summed E-state index contributed by atoms with van der Waals surface area (Å²) in [4.78, 5) is 29.3. The summed E-state index contributed by atoms with van der Waals surface area (Å²) in [5, 5.41) is 3.15. The van der Waals surface area contributed by atoms with Gasteiger partial charge in [0.25, 0.3) is 5.91 Å². The minimum atomic E-state index is -0.227. The van der Waals surface area contributed by atoms with Gasteiger partial charge in [0.15, 0.2) is 17.3 Å². The fraction of sp³-hybridized carbons (Fsp3) is 0.481. The van der Waals surface area contributed by atoms with Gasteiger partial charge in [-0.3, -0.25) is 14.5 Å². The van der Waals surface area contributed by atoms with Crippen molar-refractivity contribution in [3.63, 3.8) is 0 Å². The Morgan fingerprint density at radius 2 is 1.74 bits per heavy atom. The van der Waals surface area contributed by atoms with E-state index in [4.69, 9.17) is 14.2 Å². The highest BCUT2D eigenvalue weighted by Crippen LogP contribution is 2.34. The molecule has 35 heavy (non-hydrogen) atoms. The second-order valence-corrected chi connectivity index (χ2v) is 9.82. The monoisotopic (exact) mass is 498 g/mol. The lowest BCUT2D eigenvalue weighted by Crippen LogP contribution is -2.59. The predicted molar refractivity (Wildman–Crippen MR) is 138 cm³/mol. The van der Waals surface area contributed by atoms with Gasteiger partial charge < -0.3 is 19.5 Å². The van der Waals surface area contributed by atoms with E-state index < -0.39 is 0 Å². The van der Waals surface area contributed by atoms with Gasteiger partial charge in [-0.05, 0) is 50.3 Å². The normalized spacial score (nSPS) is 20.4. The molecule has 1 atom stereocenters. The zero-order chi connectivity index (χ0) is 24.7. The van der Waals surface area contributed by atoms with Crippen LogP contribution < -0.4 is 14.8 Å². The number of ether oxygens (including phenoxy) is 3. The Balaban J connectivity index is 1.53. The molecule has 0 spiro atoms. The third-order valence-corrected chi connectivity index (χ3v) is 7.80. The predicted octanol–water partition coefficient (Wildman–Crippen LogP) is 3.65. The van der Waals surface area contributed by atoms with E-state index in [0.717, 1.165) is 44.2 Å². The van der Waals surface area contributed by atoms with Gasteiger partial charge in [0, 0.05) is 42.1 Å². The molecular formula is C27H34N2O5S. The van der Waals surface area contributed by atoms with Crippen LogP contribution in [-0.2, 0) is 4.74 Å². The molecule has 0 bridgehead atoms. The highest BCUT2D eigenvalue weighted by Gasteiger charge is 2.41. The first kappa shape index (κ1) is 25.5. The largest absolute Gasteiger partial charge is 0.490 e. The molecule has 7 nitrogen and oxygen atoms in total. The molecule has 1 unspecified atom stereocenters. The number of thioether (sulfide) groups is 1. The summed E-state index contributed by atoms with van der Waals surface area (Å²) >= 11 is 1.93. The van der Waals surface area contributed by atoms with Crippen LogP contribution in [0.3, 0.4) is 0 Å². The Labute approximate surface area is 211 Å². The molecule has 2 saturated heterocycles. The van der Waals surface area contributed by atoms with Crippen molar-refractivity contribution in [2.45, 2.75) is 25.8 Å². The first-order valence-electron chi connectivity index (χ1n) is 12.3. The van der Waals surface area contributed by atoms with Crippen LogP contribution in [0.5, 0.6) is 11.5 Å². The summed E-state index contributed by atoms with van der Waals surface area (Å²) in [6, 6.07) is 12.1. The molecule has 2 heterocycles. The molecule has 2 aromatic rings. The first-order chi connectivity index (χ1) is 17.1. The van der Waals surface area contributed by atoms with Crippen LogP contribution >= 0.6 is 11.8 Å². The maximum atomic E-state index is 13.5. The van der Waals surface area contributed by atoms with Crippen molar-refractivity contribution in [1.82, 2.24) is 10.2 Å². The maximum Gasteiger partial charge on any atom is 0.252 e. The Bertz CT molecular complexity index is 1030. The van der Waals surface area contributed by atoms with E-state index in [1.807, 2.05) is 25.6 Å². The number of nitrogens with zero attached hydrogens (tertiary/aromatic N) is 1. The standard InChI is InChI=1S/C27H34N2O5S/c1-3-33-23-10-9-20(17-24(23)34-4-2)25(30)21-7-5-6-8-22(21)26(31)28-18-27(11-16-35-19-27)29-12-14-32-15-13-29/h5-10,17H,3-4,11-16,18-19H2,1-2H3,(H,28,31). The lowest BCUT2D eigenvalue weighted by Gasteiger charge is -2.43. The molecule has 1 N–H and O–H groups in total. The number of amides is 1. The first-order valence-corrected chi connectivity index (χ1v) is 13.5. The summed E-state index contributed by atoms with van der Waals surface area (Å²) in [5.41, 5.74) is 1.14. The second kappa shape index (κ2) is 11.9. The quantitative estimate of drug-likeness (QED) is 0.501. The summed E-state index contributed by atoms with van der Waals surface area (Å²) in [7, 11) is 0. The van der Waals surface area contributed by atoms with Gasteiger partial charge in [0.1, 0.15) is 0 Å². The third-order valence-electron chi connectivity index (χ3n) is 6.56. The fourth-order valence-corrected chi connectivity index (χ4v) is 6.18. The minimum absolute atomic E-state index is 0.0649. The Kier molecular flexibility index (Phi) is 8.70. The number of hydrogen-bond acceptors (Lipinski definition) is 7. The van der Waals surface area contributed by atoms with Crippen molar-refractivity contribution in [2.24, 2.45) is 0 Å². The van der Waals surface area contributed by atoms with E-state index in [1.54, 1.807) is 42.5 Å². The van der Waals surface area contributed by atoms with Crippen LogP contribution in [0.2, 0.25) is 0 Å². The average molecular weight is 499 g/mol. The lowest BCUT2D eigenvalue weighted by molar-refractivity contribution is -0.0129. The summed E-state index contributed by atoms with van der Waals surface area (Å²) < 4.78 is 16.8. The maximum absolute atomic E-state index is 13.5.